The number of rotatable bonds is 4. The highest BCUT2D eigenvalue weighted by Crippen LogP contribution is 2.36. The Balaban J connectivity index is 2.32. The summed E-state index contributed by atoms with van der Waals surface area (Å²) < 4.78 is 1.34. The second-order valence-electron chi connectivity index (χ2n) is 6.20. The average Bonchev–Trinajstić information content (AvgIpc) is 2.49. The number of alkyl halides is 1. The van der Waals surface area contributed by atoms with Gasteiger partial charge in [0.15, 0.2) is 0 Å². The van der Waals surface area contributed by atoms with Crippen LogP contribution in [0.5, 0.6) is 0 Å². The fourth-order valence-electron chi connectivity index (χ4n) is 2.35. The van der Waals surface area contributed by atoms with Gasteiger partial charge in [0, 0.05) is 3.57 Å². The van der Waals surface area contributed by atoms with Crippen molar-refractivity contribution in [2.45, 2.75) is 44.4 Å². The van der Waals surface area contributed by atoms with Crippen LogP contribution in [-0.2, 0) is 5.41 Å². The molecule has 0 radical (unpaired) electrons. The third-order valence-electron chi connectivity index (χ3n) is 4.36. The zero-order valence-electron chi connectivity index (χ0n) is 13.1. The van der Waals surface area contributed by atoms with Crippen LogP contribution in [0.1, 0.15) is 54.3 Å². The number of aryl methyl sites for hydroxylation is 1. The van der Waals surface area contributed by atoms with Crippen molar-refractivity contribution in [3.8, 4) is 0 Å². The molecule has 0 aliphatic rings. The molecule has 21 heavy (non-hydrogen) atoms. The number of benzene rings is 2. The van der Waals surface area contributed by atoms with Crippen LogP contribution in [0.3, 0.4) is 0 Å². The summed E-state index contributed by atoms with van der Waals surface area (Å²) in [5.74, 6) is 0. The van der Waals surface area contributed by atoms with Gasteiger partial charge in [-0.1, -0.05) is 79.2 Å². The van der Waals surface area contributed by atoms with E-state index >= 15 is 0 Å². The first-order valence-electron chi connectivity index (χ1n) is 7.36. The minimum atomic E-state index is 0.248. The molecule has 0 spiro atoms. The average molecular weight is 457 g/mol. The van der Waals surface area contributed by atoms with Crippen molar-refractivity contribution in [3.05, 3.63) is 68.3 Å². The van der Waals surface area contributed by atoms with Crippen molar-refractivity contribution in [2.75, 3.05) is 0 Å². The summed E-state index contributed by atoms with van der Waals surface area (Å²) in [6.07, 6.45) is 1.15. The molecule has 0 aliphatic carbocycles. The summed E-state index contributed by atoms with van der Waals surface area (Å²) >= 11 is 6.31. The molecule has 0 amide bonds. The molecule has 0 fully saturated rings. The maximum atomic E-state index is 3.87. The van der Waals surface area contributed by atoms with Gasteiger partial charge in [0.1, 0.15) is 0 Å². The Hall–Kier alpha value is -0.350. The Morgan fingerprint density at radius 3 is 2.29 bits per heavy atom. The molecule has 2 aromatic carbocycles. The van der Waals surface area contributed by atoms with Crippen molar-refractivity contribution in [1.82, 2.24) is 0 Å². The van der Waals surface area contributed by atoms with Crippen LogP contribution in [0.25, 0.3) is 0 Å². The minimum absolute atomic E-state index is 0.248. The summed E-state index contributed by atoms with van der Waals surface area (Å²) in [6.45, 7) is 9.02. The van der Waals surface area contributed by atoms with Crippen LogP contribution in [0, 0.1) is 10.5 Å². The van der Waals surface area contributed by atoms with Crippen molar-refractivity contribution in [3.63, 3.8) is 0 Å². The van der Waals surface area contributed by atoms with Crippen LogP contribution >= 0.6 is 38.5 Å². The Morgan fingerprint density at radius 2 is 1.71 bits per heavy atom. The van der Waals surface area contributed by atoms with E-state index in [1.54, 1.807) is 0 Å². The molecule has 1 unspecified atom stereocenters. The topological polar surface area (TPSA) is 0 Å². The normalized spacial score (nSPS) is 13.2. The fourth-order valence-corrected chi connectivity index (χ4v) is 4.14. The highest BCUT2D eigenvalue weighted by atomic mass is 127. The van der Waals surface area contributed by atoms with Crippen molar-refractivity contribution < 1.29 is 0 Å². The minimum Gasteiger partial charge on any atom is -0.0786 e. The van der Waals surface area contributed by atoms with Gasteiger partial charge < -0.3 is 0 Å². The van der Waals surface area contributed by atoms with Gasteiger partial charge in [0.2, 0.25) is 0 Å². The van der Waals surface area contributed by atoms with E-state index in [0.29, 0.717) is 0 Å². The second-order valence-corrected chi connectivity index (χ2v) is 8.19. The predicted molar refractivity (Wildman–Crippen MR) is 104 cm³/mol. The molecule has 2 heteroatoms. The number of hydrogen-bond acceptors (Lipinski definition) is 0. The van der Waals surface area contributed by atoms with Gasteiger partial charge in [-0.3, -0.25) is 0 Å². The van der Waals surface area contributed by atoms with Gasteiger partial charge in [-0.25, -0.2) is 0 Å². The highest BCUT2D eigenvalue weighted by Gasteiger charge is 2.19. The molecule has 112 valence electrons. The third-order valence-corrected chi connectivity index (χ3v) is 6.86. The first-order chi connectivity index (χ1) is 9.86. The first-order valence-corrected chi connectivity index (χ1v) is 9.36. The molecule has 0 aliphatic heterocycles. The Kier molecular flexibility index (Phi) is 5.53. The zero-order valence-corrected chi connectivity index (χ0v) is 16.8. The summed E-state index contributed by atoms with van der Waals surface area (Å²) in [6, 6.07) is 15.6. The Labute approximate surface area is 150 Å². The Bertz CT molecular complexity index is 614. The molecule has 0 heterocycles. The SMILES string of the molecule is CCC(C)(C)c1ccc(C(Br)c2cccc(C)c2I)cc1. The van der Waals surface area contributed by atoms with Crippen molar-refractivity contribution in [1.29, 1.82) is 0 Å². The fraction of sp³-hybridized carbons (Fsp3) is 0.368. The van der Waals surface area contributed by atoms with E-state index < -0.39 is 0 Å². The van der Waals surface area contributed by atoms with Crippen LogP contribution in [0.4, 0.5) is 0 Å². The summed E-state index contributed by atoms with van der Waals surface area (Å²) in [5, 5.41) is 0. The molecule has 0 nitrogen and oxygen atoms in total. The van der Waals surface area contributed by atoms with Crippen LogP contribution < -0.4 is 0 Å². The van der Waals surface area contributed by atoms with Crippen molar-refractivity contribution >= 4 is 38.5 Å². The zero-order chi connectivity index (χ0) is 15.6. The monoisotopic (exact) mass is 456 g/mol. The highest BCUT2D eigenvalue weighted by molar-refractivity contribution is 14.1. The standard InChI is InChI=1S/C19H22BrI/c1-5-19(3,4)15-11-9-14(10-12-15)17(20)16-8-6-7-13(2)18(16)21/h6-12,17H,5H2,1-4H3. The van der Waals surface area contributed by atoms with Crippen LogP contribution in [0.15, 0.2) is 42.5 Å². The van der Waals surface area contributed by atoms with Gasteiger partial charge in [-0.15, -0.1) is 0 Å². The van der Waals surface area contributed by atoms with E-state index in [1.807, 2.05) is 0 Å². The van der Waals surface area contributed by atoms with E-state index in [1.165, 1.54) is 25.8 Å². The van der Waals surface area contributed by atoms with Gasteiger partial charge in [-0.2, -0.15) is 0 Å². The van der Waals surface area contributed by atoms with E-state index in [0.717, 1.165) is 6.42 Å². The summed E-state index contributed by atoms with van der Waals surface area (Å²) in [7, 11) is 0. The molecule has 2 aromatic rings. The molecule has 1 atom stereocenters. The number of halogens is 2. The van der Waals surface area contributed by atoms with Gasteiger partial charge in [-0.05, 0) is 63.6 Å². The first kappa shape index (κ1) is 17.0. The maximum Gasteiger partial charge on any atom is 0.0655 e. The van der Waals surface area contributed by atoms with Crippen LogP contribution in [-0.4, -0.2) is 0 Å². The van der Waals surface area contributed by atoms with E-state index in [9.17, 15) is 0 Å². The molecule has 2 rings (SSSR count). The molecular weight excluding hydrogens is 435 g/mol. The quantitative estimate of drug-likeness (QED) is 0.351. The lowest BCUT2D eigenvalue weighted by atomic mass is 9.82. The lowest BCUT2D eigenvalue weighted by molar-refractivity contribution is 0.506. The smallest absolute Gasteiger partial charge is 0.0655 e. The van der Waals surface area contributed by atoms with Crippen LogP contribution in [0.2, 0.25) is 0 Å². The Morgan fingerprint density at radius 1 is 1.10 bits per heavy atom. The number of hydrogen-bond donors (Lipinski definition) is 0. The summed E-state index contributed by atoms with van der Waals surface area (Å²) in [4.78, 5) is 0.253. The predicted octanol–water partition coefficient (Wildman–Crippen LogP) is 6.77. The maximum absolute atomic E-state index is 3.87. The molecule has 0 saturated carbocycles. The molecule has 0 saturated heterocycles. The lowest BCUT2D eigenvalue weighted by Gasteiger charge is -2.24. The lowest BCUT2D eigenvalue weighted by Crippen LogP contribution is -2.15. The van der Waals surface area contributed by atoms with Crippen molar-refractivity contribution in [2.24, 2.45) is 0 Å². The largest absolute Gasteiger partial charge is 0.0786 e. The van der Waals surface area contributed by atoms with E-state index in [4.69, 9.17) is 0 Å². The molecule has 0 aromatic heterocycles. The third kappa shape index (κ3) is 3.70. The summed E-state index contributed by atoms with van der Waals surface area (Å²) in [5.41, 5.74) is 5.65. The van der Waals surface area contributed by atoms with E-state index in [2.05, 4.69) is 109 Å². The molecular formula is C19H22BrI. The molecule has 0 N–H and O–H groups in total. The van der Waals surface area contributed by atoms with Gasteiger partial charge in [0.25, 0.3) is 0 Å². The van der Waals surface area contributed by atoms with E-state index in [-0.39, 0.29) is 10.2 Å². The second kappa shape index (κ2) is 6.82. The van der Waals surface area contributed by atoms with Gasteiger partial charge >= 0.3 is 0 Å². The van der Waals surface area contributed by atoms with Gasteiger partial charge in [0.05, 0.1) is 4.83 Å². The molecule has 0 bridgehead atoms.